The molecule has 43 heteroatoms. The van der Waals surface area contributed by atoms with E-state index >= 15 is 0 Å². The summed E-state index contributed by atoms with van der Waals surface area (Å²) in [5, 5.41) is 51.8. The quantitative estimate of drug-likeness (QED) is 0.00573. The van der Waals surface area contributed by atoms with Gasteiger partial charge in [-0.1, -0.05) is 155 Å². The van der Waals surface area contributed by atoms with E-state index in [-0.39, 0.29) is 108 Å². The zero-order chi connectivity index (χ0) is 99.7. The van der Waals surface area contributed by atoms with Crippen molar-refractivity contribution in [2.45, 2.75) is 186 Å². The Morgan fingerprint density at radius 3 is 1.75 bits per heavy atom. The summed E-state index contributed by atoms with van der Waals surface area (Å²) in [5.74, 6) is -16.2. The molecule has 4 aromatic rings. The lowest BCUT2D eigenvalue weighted by molar-refractivity contribution is -0.438. The topological polar surface area (TPSA) is 606 Å². The number of allylic oxidation sites excluding steroid dienone is 8. The van der Waals surface area contributed by atoms with Gasteiger partial charge in [0.05, 0.1) is 94.4 Å². The van der Waals surface area contributed by atoms with Gasteiger partial charge in [-0.05, 0) is 110 Å². The summed E-state index contributed by atoms with van der Waals surface area (Å²) < 4.78 is 59.0. The van der Waals surface area contributed by atoms with Crippen molar-refractivity contribution in [1.29, 1.82) is 5.41 Å². The number of hydrogen-bond donors (Lipinski definition) is 17. The Morgan fingerprint density at radius 2 is 1.12 bits per heavy atom. The van der Waals surface area contributed by atoms with Crippen LogP contribution in [0.4, 0.5) is 11.4 Å². The average Bonchev–Trinajstić information content (AvgIpc) is 1.58. The van der Waals surface area contributed by atoms with E-state index in [0.29, 0.717) is 32.4 Å². The van der Waals surface area contributed by atoms with Crippen molar-refractivity contribution in [3.63, 3.8) is 0 Å². The molecule has 3 aliphatic rings. The Morgan fingerprint density at radius 1 is 0.559 bits per heavy atom. The first-order valence-electron chi connectivity index (χ1n) is 45.4. The van der Waals surface area contributed by atoms with Crippen molar-refractivity contribution < 1.29 is 109 Å². The summed E-state index contributed by atoms with van der Waals surface area (Å²) in [6.45, 7) is 15.9. The minimum Gasteiger partial charge on any atom is -0.748 e. The predicted octanol–water partition coefficient (Wildman–Crippen LogP) is 2.12. The molecule has 7 atom stereocenters. The maximum absolute atomic E-state index is 14.1. The number of fused-ring (bicyclic) bond motifs is 6. The summed E-state index contributed by atoms with van der Waals surface area (Å²) >= 11 is 0. The van der Waals surface area contributed by atoms with E-state index in [1.807, 2.05) is 36.4 Å². The van der Waals surface area contributed by atoms with Crippen LogP contribution in [0, 0.1) is 17.2 Å². The smallest absolute Gasteiger partial charge is 0.327 e. The van der Waals surface area contributed by atoms with Crippen LogP contribution in [0.5, 0.6) is 0 Å². The molecule has 0 saturated carbocycles. The van der Waals surface area contributed by atoms with E-state index in [9.17, 15) is 85.2 Å². The van der Waals surface area contributed by atoms with E-state index in [1.165, 1.54) is 52.5 Å². The maximum Gasteiger partial charge on any atom is 0.327 e. The summed E-state index contributed by atoms with van der Waals surface area (Å²) in [4.78, 5) is 189. The molecule has 0 radical (unpaired) electrons. The molecule has 40 nitrogen and oxygen atoms in total. The van der Waals surface area contributed by atoms with Gasteiger partial charge < -0.3 is 115 Å². The average molecular weight is 1950 g/mol. The fourth-order valence-corrected chi connectivity index (χ4v) is 18.5. The minimum absolute atomic E-state index is 0.0299. The number of carboxylic acid groups (broad SMARTS) is 1. The maximum atomic E-state index is 14.1. The first-order chi connectivity index (χ1) is 64.7. The second-order valence-corrected chi connectivity index (χ2v) is 38.6. The number of guanidine groups is 1. The van der Waals surface area contributed by atoms with Gasteiger partial charge in [-0.3, -0.25) is 67.7 Å². The third-order valence-corrected chi connectivity index (χ3v) is 25.8. The Kier molecular flexibility index (Phi) is 45.7. The van der Waals surface area contributed by atoms with Gasteiger partial charge in [0.25, 0.3) is 0 Å². The van der Waals surface area contributed by atoms with Crippen LogP contribution in [0.25, 0.3) is 21.5 Å². The Bertz CT molecular complexity index is 5160. The molecule has 0 unspecified atom stereocenters. The molecule has 20 N–H and O–H groups in total. The molecule has 0 spiro atoms. The van der Waals surface area contributed by atoms with Crippen molar-refractivity contribution in [2.75, 3.05) is 121 Å². The number of carboxylic acids is 1. The van der Waals surface area contributed by atoms with Gasteiger partial charge in [-0.15, -0.1) is 0 Å². The lowest BCUT2D eigenvalue weighted by atomic mass is 9.79. The van der Waals surface area contributed by atoms with Crippen LogP contribution in [0.15, 0.2) is 121 Å². The van der Waals surface area contributed by atoms with Gasteiger partial charge in [0.2, 0.25) is 82.5 Å². The van der Waals surface area contributed by atoms with Gasteiger partial charge in [0.15, 0.2) is 11.7 Å². The number of anilines is 1. The standard InChI is InChI=1S/C93H132N18O22S3/c1-58(2)82-88(123)107-64(28-23-39-99-91(96)97)86(121)106-65(34-37-73(94)112)84(119)101-55-79(118)105-68(90(125)126)57-135-134-56-67(85(120)102-54-78(117)103-66(52-74(95)113)87(122)108-83(59(3)4)89(124)109-82)104-77(116)53-100-76(115)38-43-130-45-47-132-49-50-133-48-46-131-44-40-98-75(114)31-15-12-20-41-110-69-35-32-60-24-16-18-26-62(60)80(69)92(5,6)71(110)29-13-10-9-11-14-30-72-93(7,8)81-63-27-19-17-25-61(63)33-36-70(81)111(72)42-21-22-51-136(127,128)129/h9-11,13-14,16-19,24-27,29-30,32-33,35-36,58-59,64-68,82-83H,12,15,20-23,28,31,34,37-57H2,1-8H3,(H20-,94,95,96,97,98,99,100,101,102,103,104,105,106,107,108,109,112,113,114,115,116,117,118,119,120,121,122,123,124,125,126,127,128,129)/t64-,65-,66-,67-,68-,82-,83-/m0/s1. The highest BCUT2D eigenvalue weighted by atomic mass is 33.1. The second kappa shape index (κ2) is 56.0. The first-order valence-corrected chi connectivity index (χ1v) is 49.5. The molecule has 1 saturated heterocycles. The van der Waals surface area contributed by atoms with Gasteiger partial charge in [0.1, 0.15) is 48.8 Å². The van der Waals surface area contributed by atoms with Gasteiger partial charge in [0, 0.05) is 97.1 Å². The van der Waals surface area contributed by atoms with Gasteiger partial charge in [-0.25, -0.2) is 13.2 Å². The summed E-state index contributed by atoms with van der Waals surface area (Å²) in [7, 11) is -2.67. The molecular weight excluding hydrogens is 1820 g/mol. The Labute approximate surface area is 800 Å². The predicted molar refractivity (Wildman–Crippen MR) is 516 cm³/mol. The highest BCUT2D eigenvalue weighted by Gasteiger charge is 2.46. The molecule has 1 fully saturated rings. The number of primary amides is 2. The third-order valence-electron chi connectivity index (χ3n) is 22.5. The number of carbonyl (C=O) groups is 14. The second-order valence-electron chi connectivity index (χ2n) is 34.5. The van der Waals surface area contributed by atoms with Crippen LogP contribution in [0.2, 0.25) is 0 Å². The SMILES string of the molecule is CC(C)[C@@H]1NC(=O)[C@H](CC(N)=O)NC(=O)CNC(=O)[C@@H](NC(=O)CNC(=O)CCOCCOCCOCCOCCNC(=O)CCCCCN2/C(=C/C=C/C=C/C=C/C3=[N+](CCCCS(=O)(=O)[O-])c4ccc5ccccc5c4C3(C)C)C(C)(C)c3c2ccc2ccccc32)CSSC[C@@H](C(=O)O)NC(=O)CNC(=O)[C@H](CCC(N)=O)NC(=O)[C@H](CCCNC(=N)N)NC(=O)[C@H](C(C)C)NC1=O. The number of unbranched alkanes of at least 4 members (excludes halogenated alkanes) is 3. The molecule has 744 valence electrons. The van der Waals surface area contributed by atoms with Crippen LogP contribution in [0.3, 0.4) is 0 Å². The Balaban J connectivity index is 0.814. The molecule has 7 rings (SSSR count). The number of rotatable bonds is 45. The number of nitrogens with one attached hydrogen (secondary N) is 13. The van der Waals surface area contributed by atoms with Crippen molar-refractivity contribution in [1.82, 2.24) is 63.8 Å². The number of nitrogens with two attached hydrogens (primary N) is 3. The molecule has 136 heavy (non-hydrogen) atoms. The molecule has 3 aliphatic heterocycles. The number of amides is 13. The molecule has 13 amide bonds. The zero-order valence-electron chi connectivity index (χ0n) is 78.3. The van der Waals surface area contributed by atoms with Crippen molar-refractivity contribution in [3.8, 4) is 0 Å². The summed E-state index contributed by atoms with van der Waals surface area (Å²) in [6.07, 6.45) is 16.1. The van der Waals surface area contributed by atoms with E-state index in [2.05, 4.69) is 180 Å². The summed E-state index contributed by atoms with van der Waals surface area (Å²) in [6, 6.07) is 14.5. The number of hydrogen-bond acceptors (Lipinski definition) is 25. The van der Waals surface area contributed by atoms with Gasteiger partial charge >= 0.3 is 5.97 Å². The largest absolute Gasteiger partial charge is 0.748 e. The summed E-state index contributed by atoms with van der Waals surface area (Å²) in [5.41, 5.74) is 22.6. The lowest BCUT2D eigenvalue weighted by Gasteiger charge is -2.29. The number of aliphatic carboxylic acids is 1. The van der Waals surface area contributed by atoms with Crippen LogP contribution in [-0.4, -0.2) is 275 Å². The molecule has 0 bridgehead atoms. The van der Waals surface area contributed by atoms with Crippen molar-refractivity contribution >= 4 is 159 Å². The van der Waals surface area contributed by atoms with E-state index in [0.717, 1.165) is 57.8 Å². The molecule has 0 aliphatic carbocycles. The van der Waals surface area contributed by atoms with E-state index in [1.54, 1.807) is 13.8 Å². The van der Waals surface area contributed by atoms with Gasteiger partial charge in [-0.2, -0.15) is 4.58 Å². The number of carbonyl (C=O) groups excluding carboxylic acids is 13. The molecule has 0 aromatic heterocycles. The lowest BCUT2D eigenvalue weighted by Crippen LogP contribution is -2.61. The molecule has 4 aromatic carbocycles. The zero-order valence-corrected chi connectivity index (χ0v) is 80.7. The molecular formula is C93H132N18O22S3. The van der Waals surface area contributed by atoms with E-state index in [4.69, 9.17) is 41.6 Å². The fraction of sp³-hybridized carbons (Fsp3) is 0.527. The number of benzene rings is 4. The molecule has 3 heterocycles. The van der Waals surface area contributed by atoms with Crippen molar-refractivity contribution in [3.05, 3.63) is 132 Å². The normalized spacial score (nSPS) is 20.1. The van der Waals surface area contributed by atoms with Crippen molar-refractivity contribution in [2.24, 2.45) is 29.0 Å². The fourth-order valence-electron chi connectivity index (χ4n) is 15.6. The number of nitrogens with zero attached hydrogens (tertiary/aromatic N) is 2. The third kappa shape index (κ3) is 36.3. The number of ether oxygens (including phenoxy) is 4. The van der Waals surface area contributed by atoms with E-state index < -0.39 is 197 Å². The Hall–Kier alpha value is -11.9. The highest BCUT2D eigenvalue weighted by Crippen LogP contribution is 2.51. The van der Waals surface area contributed by atoms with Crippen LogP contribution < -0.4 is 85.9 Å². The van der Waals surface area contributed by atoms with Crippen LogP contribution >= 0.6 is 21.6 Å². The highest BCUT2D eigenvalue weighted by molar-refractivity contribution is 8.76. The minimum atomic E-state index is -4.32. The first kappa shape index (κ1) is 111. The monoisotopic (exact) mass is 1950 g/mol. The van der Waals surface area contributed by atoms with Crippen LogP contribution in [-0.2, 0) is 107 Å². The van der Waals surface area contributed by atoms with Crippen LogP contribution in [0.1, 0.15) is 144 Å².